The predicted octanol–water partition coefficient (Wildman–Crippen LogP) is 12.9. The van der Waals surface area contributed by atoms with Gasteiger partial charge in [-0.25, -0.2) is 0 Å². The summed E-state index contributed by atoms with van der Waals surface area (Å²) in [5, 5.41) is 10.2. The third-order valence-electron chi connectivity index (χ3n) is 11.3. The van der Waals surface area contributed by atoms with E-state index in [1.165, 1.54) is 110 Å². The van der Waals surface area contributed by atoms with Gasteiger partial charge in [0.15, 0.2) is 0 Å². The topological polar surface area (TPSA) is 22.8 Å². The molecule has 0 saturated carbocycles. The molecule has 0 bridgehead atoms. The van der Waals surface area contributed by atoms with Gasteiger partial charge in [-0.3, -0.25) is 4.98 Å². The number of fused-ring (bicyclic) bond motifs is 11. The van der Waals surface area contributed by atoms with Gasteiger partial charge in [0.2, 0.25) is 0 Å². The molecule has 3 heterocycles. The third kappa shape index (κ3) is 3.66. The Kier molecular flexibility index (Phi) is 5.50. The zero-order valence-corrected chi connectivity index (χ0v) is 28.1. The maximum absolute atomic E-state index is 4.47. The molecule has 240 valence electrons. The van der Waals surface area contributed by atoms with E-state index in [0.29, 0.717) is 0 Å². The lowest BCUT2D eigenvalue weighted by atomic mass is 9.99. The molecule has 3 heteroatoms. The Balaban J connectivity index is 1.09. The predicted molar refractivity (Wildman–Crippen MR) is 218 cm³/mol. The van der Waals surface area contributed by atoms with E-state index in [4.69, 9.17) is 0 Å². The van der Waals surface area contributed by atoms with Crippen molar-refractivity contribution in [2.75, 3.05) is 0 Å². The summed E-state index contributed by atoms with van der Waals surface area (Å²) in [5.74, 6) is 0. The minimum absolute atomic E-state index is 1.17. The zero-order valence-electron chi connectivity index (χ0n) is 28.1. The number of para-hydroxylation sites is 2. The molecule has 0 saturated heterocycles. The van der Waals surface area contributed by atoms with Crippen LogP contribution in [0, 0.1) is 0 Å². The fourth-order valence-corrected chi connectivity index (χ4v) is 9.12. The highest BCUT2D eigenvalue weighted by atomic mass is 15.0. The van der Waals surface area contributed by atoms with Gasteiger partial charge in [-0.1, -0.05) is 103 Å². The van der Waals surface area contributed by atoms with Crippen LogP contribution in [0.15, 0.2) is 176 Å². The van der Waals surface area contributed by atoms with Gasteiger partial charge in [0.25, 0.3) is 0 Å². The van der Waals surface area contributed by atoms with Crippen LogP contribution in [0.25, 0.3) is 110 Å². The van der Waals surface area contributed by atoms with Crippen LogP contribution in [-0.2, 0) is 0 Å². The summed E-state index contributed by atoms with van der Waals surface area (Å²) in [5.41, 5.74) is 14.7. The summed E-state index contributed by atoms with van der Waals surface area (Å²) in [6.45, 7) is 0. The number of benzene rings is 8. The highest BCUT2D eigenvalue weighted by Crippen LogP contribution is 2.49. The van der Waals surface area contributed by atoms with E-state index in [0.717, 1.165) is 0 Å². The molecule has 3 nitrogen and oxygen atoms in total. The molecular formula is C49H29N3. The Bertz CT molecular complexity index is 3260. The molecule has 0 unspecified atom stereocenters. The second-order valence-corrected chi connectivity index (χ2v) is 13.9. The fourth-order valence-electron chi connectivity index (χ4n) is 9.12. The second kappa shape index (κ2) is 10.3. The van der Waals surface area contributed by atoms with Crippen LogP contribution in [-0.4, -0.2) is 14.1 Å². The van der Waals surface area contributed by atoms with Crippen LogP contribution in [0.1, 0.15) is 0 Å². The lowest BCUT2D eigenvalue weighted by molar-refractivity contribution is 1.18. The summed E-state index contributed by atoms with van der Waals surface area (Å²) < 4.78 is 4.87. The van der Waals surface area contributed by atoms with Gasteiger partial charge in [0.1, 0.15) is 0 Å². The third-order valence-corrected chi connectivity index (χ3v) is 11.3. The molecule has 0 radical (unpaired) electrons. The quantitative estimate of drug-likeness (QED) is 0.185. The summed E-state index contributed by atoms with van der Waals surface area (Å²) in [6, 6.07) is 60.3. The Morgan fingerprint density at radius 2 is 1.06 bits per heavy atom. The Morgan fingerprint density at radius 3 is 1.94 bits per heavy atom. The Morgan fingerprint density at radius 1 is 0.365 bits per heavy atom. The molecule has 3 aromatic heterocycles. The lowest BCUT2D eigenvalue weighted by Gasteiger charge is -2.13. The van der Waals surface area contributed by atoms with Crippen molar-refractivity contribution < 1.29 is 0 Å². The largest absolute Gasteiger partial charge is 0.309 e. The number of rotatable bonds is 3. The van der Waals surface area contributed by atoms with Crippen molar-refractivity contribution >= 4 is 65.2 Å². The normalized spacial score (nSPS) is 12.2. The first-order chi connectivity index (χ1) is 25.8. The van der Waals surface area contributed by atoms with Crippen LogP contribution in [0.2, 0.25) is 0 Å². The maximum Gasteiger partial charge on any atom is 0.0547 e. The molecule has 0 N–H and O–H groups in total. The van der Waals surface area contributed by atoms with E-state index in [1.54, 1.807) is 0 Å². The average Bonchev–Trinajstić information content (AvgIpc) is 3.85. The van der Waals surface area contributed by atoms with Crippen LogP contribution in [0.4, 0.5) is 0 Å². The standard InChI is InChI=1S/C49H29N3/c1-2-10-33(11-3-1)51-46-22-19-32(28-41(46)49-34-12-5-4-9-30(34)17-23-47(49)51)31-18-21-45-40(27-31)36-13-6-7-16-43(36)52(45)44-24-20-38-42-29-50-26-25-35(42)37-14-8-15-39(44)48(37)38/h1-29H. The van der Waals surface area contributed by atoms with Gasteiger partial charge < -0.3 is 9.13 Å². The molecular weight excluding hydrogens is 631 g/mol. The van der Waals surface area contributed by atoms with Crippen LogP contribution in [0.5, 0.6) is 0 Å². The second-order valence-electron chi connectivity index (χ2n) is 13.9. The van der Waals surface area contributed by atoms with Gasteiger partial charge in [-0.15, -0.1) is 0 Å². The first kappa shape index (κ1) is 27.8. The van der Waals surface area contributed by atoms with E-state index >= 15 is 0 Å². The summed E-state index contributed by atoms with van der Waals surface area (Å²) in [6.07, 6.45) is 3.90. The molecule has 8 aromatic carbocycles. The SMILES string of the molecule is c1ccc(-n2c3ccc(-c4ccc5c(c4)c4ccccc4n5-c4ccc5c6c(cccc46)-c4ccncc4-5)cc3c3c4ccccc4ccc32)cc1. The molecule has 0 amide bonds. The lowest BCUT2D eigenvalue weighted by Crippen LogP contribution is -1.95. The Labute approximate surface area is 299 Å². The summed E-state index contributed by atoms with van der Waals surface area (Å²) in [7, 11) is 0. The molecule has 0 aliphatic heterocycles. The van der Waals surface area contributed by atoms with Crippen molar-refractivity contribution in [3.8, 4) is 44.8 Å². The molecule has 0 fully saturated rings. The fraction of sp³-hybridized carbons (Fsp3) is 0. The smallest absolute Gasteiger partial charge is 0.0547 e. The molecule has 1 aliphatic rings. The minimum Gasteiger partial charge on any atom is -0.309 e. The van der Waals surface area contributed by atoms with Crippen LogP contribution >= 0.6 is 0 Å². The maximum atomic E-state index is 4.47. The number of nitrogens with zero attached hydrogens (tertiary/aromatic N) is 3. The molecule has 12 rings (SSSR count). The molecule has 11 aromatic rings. The van der Waals surface area contributed by atoms with E-state index < -0.39 is 0 Å². The van der Waals surface area contributed by atoms with Gasteiger partial charge in [0.05, 0.1) is 27.8 Å². The van der Waals surface area contributed by atoms with Crippen molar-refractivity contribution in [1.29, 1.82) is 0 Å². The molecule has 1 aliphatic carbocycles. The van der Waals surface area contributed by atoms with Crippen LogP contribution in [0.3, 0.4) is 0 Å². The van der Waals surface area contributed by atoms with E-state index in [9.17, 15) is 0 Å². The van der Waals surface area contributed by atoms with E-state index in [2.05, 4.69) is 178 Å². The van der Waals surface area contributed by atoms with E-state index in [-0.39, 0.29) is 0 Å². The number of aromatic nitrogens is 3. The monoisotopic (exact) mass is 659 g/mol. The van der Waals surface area contributed by atoms with Gasteiger partial charge in [-0.2, -0.15) is 0 Å². The van der Waals surface area contributed by atoms with Crippen molar-refractivity contribution in [1.82, 2.24) is 14.1 Å². The van der Waals surface area contributed by atoms with E-state index in [1.807, 2.05) is 12.4 Å². The van der Waals surface area contributed by atoms with Gasteiger partial charge in [0, 0.05) is 50.6 Å². The number of hydrogen-bond donors (Lipinski definition) is 0. The Hall–Kier alpha value is -6.97. The van der Waals surface area contributed by atoms with Gasteiger partial charge in [-0.05, 0) is 105 Å². The zero-order chi connectivity index (χ0) is 33.9. The van der Waals surface area contributed by atoms with Crippen molar-refractivity contribution in [3.63, 3.8) is 0 Å². The first-order valence-electron chi connectivity index (χ1n) is 17.9. The first-order valence-corrected chi connectivity index (χ1v) is 17.9. The highest BCUT2D eigenvalue weighted by molar-refractivity contribution is 6.22. The summed E-state index contributed by atoms with van der Waals surface area (Å²) >= 11 is 0. The summed E-state index contributed by atoms with van der Waals surface area (Å²) in [4.78, 5) is 4.47. The highest BCUT2D eigenvalue weighted by Gasteiger charge is 2.24. The molecule has 0 atom stereocenters. The molecule has 52 heavy (non-hydrogen) atoms. The average molecular weight is 660 g/mol. The van der Waals surface area contributed by atoms with Crippen molar-refractivity contribution in [2.45, 2.75) is 0 Å². The van der Waals surface area contributed by atoms with Crippen molar-refractivity contribution in [3.05, 3.63) is 176 Å². The van der Waals surface area contributed by atoms with Gasteiger partial charge >= 0.3 is 0 Å². The van der Waals surface area contributed by atoms with Crippen LogP contribution < -0.4 is 0 Å². The number of hydrogen-bond acceptors (Lipinski definition) is 1. The minimum atomic E-state index is 1.17. The number of pyridine rings is 1. The van der Waals surface area contributed by atoms with Crippen molar-refractivity contribution in [2.24, 2.45) is 0 Å². The molecule has 0 spiro atoms.